The van der Waals surface area contributed by atoms with Crippen molar-refractivity contribution >= 4 is 11.9 Å². The minimum atomic E-state index is -1.05. The summed E-state index contributed by atoms with van der Waals surface area (Å²) in [5.74, 6) is -1.55. The zero-order valence-corrected chi connectivity index (χ0v) is 13.7. The number of hydrogen-bond donors (Lipinski definition) is 0. The first-order chi connectivity index (χ1) is 9.45. The maximum absolute atomic E-state index is 12.4. The molecule has 4 nitrogen and oxygen atoms in total. The molecule has 4 aliphatic rings. The summed E-state index contributed by atoms with van der Waals surface area (Å²) in [5, 5.41) is 0. The monoisotopic (exact) mass is 294 g/mol. The molecule has 2 unspecified atom stereocenters. The second-order valence-corrected chi connectivity index (χ2v) is 9.23. The van der Waals surface area contributed by atoms with Gasteiger partial charge in [0.25, 0.3) is 5.79 Å². The zero-order chi connectivity index (χ0) is 15.7. The minimum absolute atomic E-state index is 0.0280. The van der Waals surface area contributed by atoms with E-state index in [2.05, 4.69) is 13.8 Å². The lowest BCUT2D eigenvalue weighted by Gasteiger charge is -2.53. The van der Waals surface area contributed by atoms with Gasteiger partial charge in [-0.2, -0.15) is 0 Å². The van der Waals surface area contributed by atoms with Crippen LogP contribution in [0.15, 0.2) is 0 Å². The smallest absolute Gasteiger partial charge is 0.314 e. The standard InChI is InChI=1S/C17H26O4/c1-14(2,3)13(19)21-17-9-15(4)6-11(12(18)20-17)7-16(5,8-15)10-17/h11H,6-10H2,1-5H3. The van der Waals surface area contributed by atoms with E-state index in [-0.39, 0.29) is 28.7 Å². The predicted molar refractivity (Wildman–Crippen MR) is 77.2 cm³/mol. The van der Waals surface area contributed by atoms with Gasteiger partial charge in [-0.15, -0.1) is 0 Å². The largest absolute Gasteiger partial charge is 0.422 e. The molecule has 2 saturated heterocycles. The molecule has 0 aromatic rings. The molecule has 0 amide bonds. The van der Waals surface area contributed by atoms with Crippen LogP contribution in [-0.4, -0.2) is 17.7 Å². The molecule has 0 radical (unpaired) electrons. The number of fused-ring (bicyclic) bond motifs is 1. The first-order valence-corrected chi connectivity index (χ1v) is 7.91. The van der Waals surface area contributed by atoms with Crippen molar-refractivity contribution in [3.05, 3.63) is 0 Å². The average molecular weight is 294 g/mol. The molecule has 4 rings (SSSR count). The van der Waals surface area contributed by atoms with Crippen LogP contribution >= 0.6 is 0 Å². The van der Waals surface area contributed by atoms with Gasteiger partial charge in [0.05, 0.1) is 11.3 Å². The van der Waals surface area contributed by atoms with Crippen molar-refractivity contribution in [2.75, 3.05) is 0 Å². The lowest BCUT2D eigenvalue weighted by molar-refractivity contribution is -0.259. The molecule has 0 spiro atoms. The minimum Gasteiger partial charge on any atom is -0.422 e. The van der Waals surface area contributed by atoms with Gasteiger partial charge in [-0.05, 0) is 50.9 Å². The summed E-state index contributed by atoms with van der Waals surface area (Å²) in [5.41, 5.74) is -0.536. The third-order valence-electron chi connectivity index (χ3n) is 5.24. The van der Waals surface area contributed by atoms with Crippen molar-refractivity contribution in [1.29, 1.82) is 0 Å². The van der Waals surface area contributed by atoms with Gasteiger partial charge < -0.3 is 9.47 Å². The van der Waals surface area contributed by atoms with E-state index in [4.69, 9.17) is 9.47 Å². The van der Waals surface area contributed by atoms with Crippen molar-refractivity contribution in [3.63, 3.8) is 0 Å². The van der Waals surface area contributed by atoms with Crippen LogP contribution in [0.3, 0.4) is 0 Å². The van der Waals surface area contributed by atoms with Crippen molar-refractivity contribution < 1.29 is 19.1 Å². The van der Waals surface area contributed by atoms with Crippen LogP contribution in [0.25, 0.3) is 0 Å². The number of carbonyl (C=O) groups excluding carboxylic acids is 2. The van der Waals surface area contributed by atoms with E-state index in [1.54, 1.807) is 0 Å². The summed E-state index contributed by atoms with van der Waals surface area (Å²) < 4.78 is 11.5. The van der Waals surface area contributed by atoms with Crippen LogP contribution in [0, 0.1) is 22.2 Å². The van der Waals surface area contributed by atoms with Gasteiger partial charge in [0.1, 0.15) is 0 Å². The summed E-state index contributed by atoms with van der Waals surface area (Å²) in [7, 11) is 0. The van der Waals surface area contributed by atoms with E-state index < -0.39 is 11.2 Å². The molecule has 2 atom stereocenters. The molecule has 4 heteroatoms. The van der Waals surface area contributed by atoms with E-state index in [9.17, 15) is 9.59 Å². The topological polar surface area (TPSA) is 52.6 Å². The van der Waals surface area contributed by atoms with E-state index in [0.717, 1.165) is 19.3 Å². The van der Waals surface area contributed by atoms with E-state index in [1.807, 2.05) is 20.8 Å². The molecule has 0 aromatic carbocycles. The Balaban J connectivity index is 1.97. The third-order valence-corrected chi connectivity index (χ3v) is 5.24. The van der Waals surface area contributed by atoms with Gasteiger partial charge >= 0.3 is 11.9 Å². The van der Waals surface area contributed by atoms with E-state index in [1.165, 1.54) is 0 Å². The fourth-order valence-electron chi connectivity index (χ4n) is 4.99. The van der Waals surface area contributed by atoms with Crippen LogP contribution in [-0.2, 0) is 19.1 Å². The maximum atomic E-state index is 12.4. The quantitative estimate of drug-likeness (QED) is 0.695. The second kappa shape index (κ2) is 4.02. The highest BCUT2D eigenvalue weighted by Gasteiger charge is 2.63. The molecule has 0 N–H and O–H groups in total. The van der Waals surface area contributed by atoms with Gasteiger partial charge in [-0.25, -0.2) is 0 Å². The number of carbonyl (C=O) groups is 2. The Morgan fingerprint density at radius 1 is 1.14 bits per heavy atom. The summed E-state index contributed by atoms with van der Waals surface area (Å²) in [6, 6.07) is 0. The predicted octanol–water partition coefficient (Wildman–Crippen LogP) is 3.44. The number of ether oxygens (including phenoxy) is 2. The molecule has 2 heterocycles. The molecule has 118 valence electrons. The summed E-state index contributed by atoms with van der Waals surface area (Å²) in [6.45, 7) is 9.90. The fraction of sp³-hybridized carbons (Fsp3) is 0.882. The van der Waals surface area contributed by atoms with Crippen LogP contribution in [0.5, 0.6) is 0 Å². The maximum Gasteiger partial charge on any atom is 0.314 e. The summed E-state index contributed by atoms with van der Waals surface area (Å²) in [4.78, 5) is 24.7. The first kappa shape index (κ1) is 14.9. The molecule has 4 fully saturated rings. The molecule has 2 aliphatic carbocycles. The highest BCUT2D eigenvalue weighted by molar-refractivity contribution is 5.77. The molecule has 21 heavy (non-hydrogen) atoms. The Kier molecular flexibility index (Phi) is 2.84. The molecule has 2 aliphatic heterocycles. The SMILES string of the molecule is CC12CC3CC(C)(C1)CC(OC(=O)C(C)(C)C)(C2)OC3=O. The highest BCUT2D eigenvalue weighted by Crippen LogP contribution is 2.63. The number of rotatable bonds is 1. The second-order valence-electron chi connectivity index (χ2n) is 9.23. The number of hydrogen-bond acceptors (Lipinski definition) is 4. The highest BCUT2D eigenvalue weighted by atomic mass is 16.7. The molecular weight excluding hydrogens is 268 g/mol. The van der Waals surface area contributed by atoms with Gasteiger partial charge in [0.2, 0.25) is 0 Å². The molecular formula is C17H26O4. The van der Waals surface area contributed by atoms with Gasteiger partial charge in [0, 0.05) is 12.8 Å². The van der Waals surface area contributed by atoms with Crippen LogP contribution in [0.2, 0.25) is 0 Å². The van der Waals surface area contributed by atoms with Crippen molar-refractivity contribution in [1.82, 2.24) is 0 Å². The lowest BCUT2D eigenvalue weighted by atomic mass is 9.53. The van der Waals surface area contributed by atoms with Crippen LogP contribution in [0.4, 0.5) is 0 Å². The average Bonchev–Trinajstić information content (AvgIpc) is 2.33. The fourth-order valence-corrected chi connectivity index (χ4v) is 4.99. The van der Waals surface area contributed by atoms with Crippen molar-refractivity contribution in [2.45, 2.75) is 72.5 Å². The van der Waals surface area contributed by atoms with E-state index in [0.29, 0.717) is 12.8 Å². The van der Waals surface area contributed by atoms with Gasteiger partial charge in [0.15, 0.2) is 0 Å². The van der Waals surface area contributed by atoms with E-state index >= 15 is 0 Å². The summed E-state index contributed by atoms with van der Waals surface area (Å²) in [6.07, 6.45) is 4.08. The van der Waals surface area contributed by atoms with Crippen LogP contribution in [0.1, 0.15) is 66.7 Å². The van der Waals surface area contributed by atoms with Crippen LogP contribution < -0.4 is 0 Å². The van der Waals surface area contributed by atoms with Crippen molar-refractivity contribution in [3.8, 4) is 0 Å². The Morgan fingerprint density at radius 2 is 1.67 bits per heavy atom. The molecule has 0 aromatic heterocycles. The Bertz CT molecular complexity index is 483. The Hall–Kier alpha value is -1.06. The molecule has 2 saturated carbocycles. The third kappa shape index (κ3) is 2.47. The zero-order valence-electron chi connectivity index (χ0n) is 13.7. The number of esters is 2. The Morgan fingerprint density at radius 3 is 2.14 bits per heavy atom. The normalized spacial score (nSPS) is 45.2. The molecule has 4 bridgehead atoms. The van der Waals surface area contributed by atoms with Crippen molar-refractivity contribution in [2.24, 2.45) is 22.2 Å². The van der Waals surface area contributed by atoms with Gasteiger partial charge in [-0.3, -0.25) is 9.59 Å². The first-order valence-electron chi connectivity index (χ1n) is 7.91. The summed E-state index contributed by atoms with van der Waals surface area (Å²) >= 11 is 0. The lowest BCUT2D eigenvalue weighted by Crippen LogP contribution is -2.52. The Labute approximate surface area is 126 Å². The van der Waals surface area contributed by atoms with Gasteiger partial charge in [-0.1, -0.05) is 13.8 Å².